The lowest BCUT2D eigenvalue weighted by atomic mass is 9.71. The summed E-state index contributed by atoms with van der Waals surface area (Å²) < 4.78 is 0. The molecule has 0 amide bonds. The first-order chi connectivity index (χ1) is 7.62. The number of rotatable bonds is 2. The summed E-state index contributed by atoms with van der Waals surface area (Å²) in [6, 6.07) is 0. The predicted molar refractivity (Wildman–Crippen MR) is 70.0 cm³/mol. The fraction of sp³-hybridized carbons (Fsp3) is 0.786. The van der Waals surface area contributed by atoms with E-state index in [1.54, 1.807) is 6.08 Å². The monoisotopic (exact) mass is 239 g/mol. The van der Waals surface area contributed by atoms with Gasteiger partial charge in [-0.2, -0.15) is 0 Å². The van der Waals surface area contributed by atoms with E-state index in [4.69, 9.17) is 0 Å². The zero-order chi connectivity index (χ0) is 13.4. The van der Waals surface area contributed by atoms with Crippen molar-refractivity contribution in [3.63, 3.8) is 0 Å². The van der Waals surface area contributed by atoms with Crippen molar-refractivity contribution in [1.29, 1.82) is 0 Å². The molecule has 98 valence electrons. The molecular weight excluding hydrogens is 214 g/mol. The largest absolute Gasteiger partial charge is 0.478 e. The Balaban J connectivity index is 3.04. The normalized spacial score (nSPS) is 25.9. The molecule has 0 aromatic carbocycles. The summed E-state index contributed by atoms with van der Waals surface area (Å²) in [7, 11) is 2.13. The Morgan fingerprint density at radius 1 is 1.24 bits per heavy atom. The standard InChI is InChI=1S/C14H25NO2/c1-7-11(12(16)17)10-8-13(2,3)15(6)14(4,5)9-10/h7,10H,8-9H2,1-6H3,(H,16,17)/b11-7-. The summed E-state index contributed by atoms with van der Waals surface area (Å²) >= 11 is 0. The number of nitrogens with zero attached hydrogens (tertiary/aromatic N) is 1. The van der Waals surface area contributed by atoms with Gasteiger partial charge in [0.2, 0.25) is 0 Å². The van der Waals surface area contributed by atoms with Crippen LogP contribution in [0.4, 0.5) is 0 Å². The molecule has 1 saturated heterocycles. The molecule has 0 radical (unpaired) electrons. The molecular formula is C14H25NO2. The Morgan fingerprint density at radius 2 is 1.65 bits per heavy atom. The van der Waals surface area contributed by atoms with Gasteiger partial charge in [-0.25, -0.2) is 4.79 Å². The number of piperidine rings is 1. The second-order valence-electron chi connectivity index (χ2n) is 6.34. The summed E-state index contributed by atoms with van der Waals surface area (Å²) in [6.07, 6.45) is 3.56. The molecule has 1 rings (SSSR count). The maximum atomic E-state index is 11.3. The highest BCUT2D eigenvalue weighted by Crippen LogP contribution is 2.42. The van der Waals surface area contributed by atoms with E-state index >= 15 is 0 Å². The highest BCUT2D eigenvalue weighted by molar-refractivity contribution is 5.87. The van der Waals surface area contributed by atoms with Crippen molar-refractivity contribution in [3.8, 4) is 0 Å². The van der Waals surface area contributed by atoms with Crippen molar-refractivity contribution in [2.24, 2.45) is 5.92 Å². The molecule has 0 unspecified atom stereocenters. The number of carboxylic acid groups (broad SMARTS) is 1. The number of hydrogen-bond acceptors (Lipinski definition) is 2. The van der Waals surface area contributed by atoms with Gasteiger partial charge in [-0.05, 0) is 60.4 Å². The van der Waals surface area contributed by atoms with Gasteiger partial charge in [0.15, 0.2) is 0 Å². The van der Waals surface area contributed by atoms with Crippen LogP contribution in [0.25, 0.3) is 0 Å². The lowest BCUT2D eigenvalue weighted by Gasteiger charge is -2.53. The molecule has 0 saturated carbocycles. The van der Waals surface area contributed by atoms with Crippen molar-refractivity contribution < 1.29 is 9.90 Å². The second kappa shape index (κ2) is 4.45. The number of hydrogen-bond donors (Lipinski definition) is 1. The quantitative estimate of drug-likeness (QED) is 0.753. The van der Waals surface area contributed by atoms with Gasteiger partial charge in [0, 0.05) is 16.7 Å². The van der Waals surface area contributed by atoms with E-state index in [1.807, 2.05) is 6.92 Å². The van der Waals surface area contributed by atoms with Gasteiger partial charge in [-0.3, -0.25) is 4.90 Å². The van der Waals surface area contributed by atoms with Crippen LogP contribution in [0.1, 0.15) is 47.5 Å². The zero-order valence-corrected chi connectivity index (χ0v) is 11.9. The van der Waals surface area contributed by atoms with E-state index in [9.17, 15) is 9.90 Å². The van der Waals surface area contributed by atoms with E-state index in [2.05, 4.69) is 39.6 Å². The minimum Gasteiger partial charge on any atom is -0.478 e. The number of carbonyl (C=O) groups is 1. The van der Waals surface area contributed by atoms with Gasteiger partial charge in [0.25, 0.3) is 0 Å². The molecule has 1 aliphatic rings. The first-order valence-corrected chi connectivity index (χ1v) is 6.25. The molecule has 3 nitrogen and oxygen atoms in total. The molecule has 1 N–H and O–H groups in total. The zero-order valence-electron chi connectivity index (χ0n) is 11.9. The van der Waals surface area contributed by atoms with Gasteiger partial charge in [0.1, 0.15) is 0 Å². The Kier molecular flexibility index (Phi) is 3.72. The summed E-state index contributed by atoms with van der Waals surface area (Å²) in [5.41, 5.74) is 0.644. The molecule has 3 heteroatoms. The van der Waals surface area contributed by atoms with Crippen LogP contribution in [0.3, 0.4) is 0 Å². The fourth-order valence-corrected chi connectivity index (χ4v) is 3.13. The third-order valence-corrected chi connectivity index (χ3v) is 4.31. The molecule has 0 bridgehead atoms. The number of likely N-dealkylation sites (tertiary alicyclic amines) is 1. The van der Waals surface area contributed by atoms with Crippen LogP contribution in [-0.2, 0) is 4.79 Å². The fourth-order valence-electron chi connectivity index (χ4n) is 3.13. The average molecular weight is 239 g/mol. The van der Waals surface area contributed by atoms with Crippen LogP contribution in [0.2, 0.25) is 0 Å². The lowest BCUT2D eigenvalue weighted by Crippen LogP contribution is -2.58. The topological polar surface area (TPSA) is 40.5 Å². The second-order valence-corrected chi connectivity index (χ2v) is 6.34. The van der Waals surface area contributed by atoms with E-state index in [1.165, 1.54) is 0 Å². The molecule has 0 aliphatic carbocycles. The maximum absolute atomic E-state index is 11.3. The Hall–Kier alpha value is -0.830. The first-order valence-electron chi connectivity index (χ1n) is 6.25. The van der Waals surface area contributed by atoms with Crippen molar-refractivity contribution >= 4 is 5.97 Å². The summed E-state index contributed by atoms with van der Waals surface area (Å²) in [5, 5.41) is 9.25. The third kappa shape index (κ3) is 2.71. The number of aliphatic carboxylic acids is 1. The van der Waals surface area contributed by atoms with Gasteiger partial charge in [0.05, 0.1) is 0 Å². The van der Waals surface area contributed by atoms with Gasteiger partial charge in [-0.1, -0.05) is 6.08 Å². The van der Waals surface area contributed by atoms with Crippen LogP contribution < -0.4 is 0 Å². The smallest absolute Gasteiger partial charge is 0.331 e. The average Bonchev–Trinajstić information content (AvgIpc) is 2.13. The molecule has 1 aliphatic heterocycles. The van der Waals surface area contributed by atoms with E-state index in [0.717, 1.165) is 12.8 Å². The lowest BCUT2D eigenvalue weighted by molar-refractivity contribution is -0.134. The molecule has 17 heavy (non-hydrogen) atoms. The molecule has 0 spiro atoms. The van der Waals surface area contributed by atoms with Crippen LogP contribution in [0, 0.1) is 5.92 Å². The molecule has 0 aromatic heterocycles. The Morgan fingerprint density at radius 3 is 1.94 bits per heavy atom. The van der Waals surface area contributed by atoms with Crippen molar-refractivity contribution in [2.75, 3.05) is 7.05 Å². The SMILES string of the molecule is C/C=C(\C(=O)O)C1CC(C)(C)N(C)C(C)(C)C1. The maximum Gasteiger partial charge on any atom is 0.331 e. The Bertz CT molecular complexity index is 324. The van der Waals surface area contributed by atoms with Crippen LogP contribution in [-0.4, -0.2) is 34.1 Å². The molecule has 0 aromatic rings. The Labute approximate surface area is 105 Å². The van der Waals surface area contributed by atoms with E-state index in [-0.39, 0.29) is 17.0 Å². The van der Waals surface area contributed by atoms with Gasteiger partial charge >= 0.3 is 5.97 Å². The molecule has 1 heterocycles. The third-order valence-electron chi connectivity index (χ3n) is 4.31. The van der Waals surface area contributed by atoms with E-state index in [0.29, 0.717) is 5.57 Å². The minimum atomic E-state index is -0.770. The summed E-state index contributed by atoms with van der Waals surface area (Å²) in [6.45, 7) is 10.6. The van der Waals surface area contributed by atoms with Gasteiger partial charge < -0.3 is 5.11 Å². The first kappa shape index (κ1) is 14.2. The van der Waals surface area contributed by atoms with E-state index < -0.39 is 5.97 Å². The van der Waals surface area contributed by atoms with Crippen LogP contribution in [0.15, 0.2) is 11.6 Å². The molecule has 0 atom stereocenters. The number of carboxylic acids is 1. The van der Waals surface area contributed by atoms with Crippen LogP contribution >= 0.6 is 0 Å². The van der Waals surface area contributed by atoms with Gasteiger partial charge in [-0.15, -0.1) is 0 Å². The van der Waals surface area contributed by atoms with Crippen molar-refractivity contribution in [3.05, 3.63) is 11.6 Å². The summed E-state index contributed by atoms with van der Waals surface area (Å²) in [5.74, 6) is -0.618. The minimum absolute atomic E-state index is 0.0378. The highest BCUT2D eigenvalue weighted by atomic mass is 16.4. The molecule has 1 fully saturated rings. The number of allylic oxidation sites excluding steroid dienone is 1. The van der Waals surface area contributed by atoms with Crippen molar-refractivity contribution in [2.45, 2.75) is 58.5 Å². The summed E-state index contributed by atoms with van der Waals surface area (Å²) in [4.78, 5) is 13.6. The van der Waals surface area contributed by atoms with Crippen LogP contribution in [0.5, 0.6) is 0 Å². The van der Waals surface area contributed by atoms with Crippen molar-refractivity contribution in [1.82, 2.24) is 4.90 Å². The predicted octanol–water partition coefficient (Wildman–Crippen LogP) is 2.92. The highest BCUT2D eigenvalue weighted by Gasteiger charge is 2.44.